The first-order valence-electron chi connectivity index (χ1n) is 8.93. The van der Waals surface area contributed by atoms with E-state index >= 15 is 0 Å². The number of nitrogens with one attached hydrogen (secondary N) is 2. The van der Waals surface area contributed by atoms with Gasteiger partial charge in [-0.1, -0.05) is 41.7 Å². The number of hydrogen-bond donors (Lipinski definition) is 2. The highest BCUT2D eigenvalue weighted by molar-refractivity contribution is 8.14. The van der Waals surface area contributed by atoms with Crippen molar-refractivity contribution < 1.29 is 14.4 Å². The Hall–Kier alpha value is -3.12. The summed E-state index contributed by atoms with van der Waals surface area (Å²) in [6, 6.07) is 9.30. The van der Waals surface area contributed by atoms with Crippen LogP contribution < -0.4 is 10.9 Å². The van der Waals surface area contributed by atoms with E-state index in [1.165, 1.54) is 6.20 Å². The third-order valence-corrected chi connectivity index (χ3v) is 5.99. The van der Waals surface area contributed by atoms with Gasteiger partial charge in [-0.15, -0.1) is 0 Å². The summed E-state index contributed by atoms with van der Waals surface area (Å²) < 4.78 is 1.57. The monoisotopic (exact) mass is 444 g/mol. The largest absolute Gasteiger partial charge is 0.354 e. The molecule has 1 fully saturated rings. The normalized spacial score (nSPS) is 13.9. The summed E-state index contributed by atoms with van der Waals surface area (Å²) in [5.74, 6) is -0.390. The Morgan fingerprint density at radius 2 is 2.03 bits per heavy atom. The fraction of sp³-hybridized carbons (Fsp3) is 0.222. The Morgan fingerprint density at radius 1 is 1.23 bits per heavy atom. The first-order valence-corrected chi connectivity index (χ1v) is 10.9. The summed E-state index contributed by atoms with van der Waals surface area (Å²) in [6.45, 7) is 0.305. The lowest BCUT2D eigenvalue weighted by Gasteiger charge is -2.12. The van der Waals surface area contributed by atoms with Crippen molar-refractivity contribution in [2.75, 3.05) is 24.6 Å². The second-order valence-electron chi connectivity index (χ2n) is 6.24. The third-order valence-electron chi connectivity index (χ3n) is 4.26. The number of benzene rings is 1. The highest BCUT2D eigenvalue weighted by atomic mass is 32.2. The number of aromatic nitrogens is 4. The van der Waals surface area contributed by atoms with Gasteiger partial charge in [0, 0.05) is 13.1 Å². The Kier molecular flexibility index (Phi) is 5.86. The topological polar surface area (TPSA) is 130 Å². The second-order valence-corrected chi connectivity index (χ2v) is 8.13. The van der Waals surface area contributed by atoms with Crippen molar-refractivity contribution in [2.24, 2.45) is 0 Å². The van der Waals surface area contributed by atoms with Gasteiger partial charge < -0.3 is 10.3 Å². The molecule has 0 atom stereocenters. The van der Waals surface area contributed by atoms with Gasteiger partial charge in [0.1, 0.15) is 5.39 Å². The maximum Gasteiger partial charge on any atom is 0.288 e. The molecule has 3 heterocycles. The lowest BCUT2D eigenvalue weighted by atomic mass is 10.3. The van der Waals surface area contributed by atoms with Crippen molar-refractivity contribution in [1.82, 2.24) is 30.0 Å². The molecule has 1 aromatic carbocycles. The third kappa shape index (κ3) is 4.24. The van der Waals surface area contributed by atoms with Gasteiger partial charge in [0.25, 0.3) is 10.8 Å². The molecule has 10 nitrogen and oxygen atoms in total. The number of amides is 3. The number of imide groups is 1. The molecule has 0 saturated carbocycles. The minimum Gasteiger partial charge on any atom is -0.354 e. The number of carbonyl (C=O) groups is 3. The van der Waals surface area contributed by atoms with Crippen LogP contribution in [0.15, 0.2) is 46.5 Å². The molecule has 154 valence electrons. The van der Waals surface area contributed by atoms with Crippen LogP contribution >= 0.6 is 23.5 Å². The number of hydrogen-bond acceptors (Lipinski definition) is 8. The summed E-state index contributed by atoms with van der Waals surface area (Å²) in [5.41, 5.74) is 0.827. The van der Waals surface area contributed by atoms with Crippen LogP contribution in [0.25, 0.3) is 16.7 Å². The molecule has 2 aromatic heterocycles. The number of aromatic amines is 1. The highest BCUT2D eigenvalue weighted by Gasteiger charge is 2.29. The number of thioether (sulfide) groups is 2. The zero-order chi connectivity index (χ0) is 21.1. The fourth-order valence-electron chi connectivity index (χ4n) is 2.81. The highest BCUT2D eigenvalue weighted by Crippen LogP contribution is 2.18. The first-order chi connectivity index (χ1) is 14.5. The molecule has 0 radical (unpaired) electrons. The molecule has 3 amide bonds. The molecule has 0 spiro atoms. The van der Waals surface area contributed by atoms with E-state index in [0.717, 1.165) is 34.1 Å². The lowest BCUT2D eigenvalue weighted by molar-refractivity contribution is -0.125. The van der Waals surface area contributed by atoms with Crippen LogP contribution in [0, 0.1) is 0 Å². The summed E-state index contributed by atoms with van der Waals surface area (Å²) in [5, 5.41) is 7.24. The van der Waals surface area contributed by atoms with Gasteiger partial charge in [-0.2, -0.15) is 5.10 Å². The summed E-state index contributed by atoms with van der Waals surface area (Å²) >= 11 is 2.03. The van der Waals surface area contributed by atoms with Gasteiger partial charge in [0.2, 0.25) is 11.8 Å². The predicted octanol–water partition coefficient (Wildman–Crippen LogP) is 1.01. The van der Waals surface area contributed by atoms with Crippen molar-refractivity contribution in [3.8, 4) is 5.69 Å². The van der Waals surface area contributed by atoms with Gasteiger partial charge in [-0.3, -0.25) is 24.1 Å². The second kappa shape index (κ2) is 8.71. The average Bonchev–Trinajstić information content (AvgIpc) is 3.31. The zero-order valence-corrected chi connectivity index (χ0v) is 17.2. The van der Waals surface area contributed by atoms with E-state index in [1.54, 1.807) is 4.68 Å². The van der Waals surface area contributed by atoms with Crippen LogP contribution in [0.2, 0.25) is 0 Å². The molecule has 0 aliphatic carbocycles. The molecule has 0 unspecified atom stereocenters. The minimum atomic E-state index is -0.339. The van der Waals surface area contributed by atoms with Crippen molar-refractivity contribution in [3.05, 3.63) is 46.9 Å². The molecule has 0 bridgehead atoms. The SMILES string of the molecule is O=C(CSc1nc2c(cnn2-c2ccccc2)c(=O)[nH]1)NCCN1C(=O)CSC1=O. The van der Waals surface area contributed by atoms with E-state index in [-0.39, 0.29) is 47.2 Å². The smallest absolute Gasteiger partial charge is 0.288 e. The fourth-order valence-corrected chi connectivity index (χ4v) is 4.25. The van der Waals surface area contributed by atoms with E-state index in [2.05, 4.69) is 20.4 Å². The maximum atomic E-state index is 12.3. The van der Waals surface area contributed by atoms with Gasteiger partial charge in [0.15, 0.2) is 10.8 Å². The molecule has 1 aliphatic rings. The van der Waals surface area contributed by atoms with E-state index in [0.29, 0.717) is 16.2 Å². The standard InChI is InChI=1S/C18H16N6O4S2/c25-13(19-6-7-23-14(26)10-30-18(23)28)9-29-17-21-15-12(16(27)22-17)8-20-24(15)11-4-2-1-3-5-11/h1-5,8H,6-7,9-10H2,(H,19,25)(H,21,22,27). The Balaban J connectivity index is 1.39. The Bertz CT molecular complexity index is 1160. The summed E-state index contributed by atoms with van der Waals surface area (Å²) in [6.07, 6.45) is 1.45. The lowest BCUT2D eigenvalue weighted by Crippen LogP contribution is -2.38. The molecule has 1 saturated heterocycles. The van der Waals surface area contributed by atoms with Crippen molar-refractivity contribution in [1.29, 1.82) is 0 Å². The number of rotatable bonds is 7. The van der Waals surface area contributed by atoms with Crippen LogP contribution in [0.1, 0.15) is 0 Å². The molecular formula is C18H16N6O4S2. The van der Waals surface area contributed by atoms with Crippen LogP contribution in [-0.2, 0) is 9.59 Å². The summed E-state index contributed by atoms with van der Waals surface area (Å²) in [4.78, 5) is 55.7. The quantitative estimate of drug-likeness (QED) is 0.408. The zero-order valence-electron chi connectivity index (χ0n) is 15.5. The number of carbonyl (C=O) groups excluding carboxylic acids is 3. The maximum absolute atomic E-state index is 12.3. The van der Waals surface area contributed by atoms with Gasteiger partial charge in [-0.25, -0.2) is 9.67 Å². The van der Waals surface area contributed by atoms with Gasteiger partial charge >= 0.3 is 0 Å². The van der Waals surface area contributed by atoms with E-state index in [4.69, 9.17) is 0 Å². The van der Waals surface area contributed by atoms with E-state index < -0.39 is 0 Å². The van der Waals surface area contributed by atoms with E-state index in [9.17, 15) is 19.2 Å². The molecule has 1 aliphatic heterocycles. The number of fused-ring (bicyclic) bond motifs is 1. The Morgan fingerprint density at radius 3 is 2.77 bits per heavy atom. The summed E-state index contributed by atoms with van der Waals surface area (Å²) in [7, 11) is 0. The molecule has 4 rings (SSSR count). The van der Waals surface area contributed by atoms with Crippen LogP contribution in [0.5, 0.6) is 0 Å². The number of H-pyrrole nitrogens is 1. The average molecular weight is 444 g/mol. The molecule has 2 N–H and O–H groups in total. The molecular weight excluding hydrogens is 428 g/mol. The Labute approximate surface area is 178 Å². The van der Waals surface area contributed by atoms with Gasteiger partial charge in [-0.05, 0) is 12.1 Å². The van der Waals surface area contributed by atoms with Crippen LogP contribution in [0.4, 0.5) is 4.79 Å². The molecule has 3 aromatic rings. The molecule has 30 heavy (non-hydrogen) atoms. The predicted molar refractivity (Wildman–Crippen MR) is 113 cm³/mol. The molecule has 12 heteroatoms. The first kappa shape index (κ1) is 20.2. The minimum absolute atomic E-state index is 0.0184. The van der Waals surface area contributed by atoms with Crippen LogP contribution in [0.3, 0.4) is 0 Å². The number of nitrogens with zero attached hydrogens (tertiary/aromatic N) is 4. The van der Waals surface area contributed by atoms with Crippen molar-refractivity contribution in [3.63, 3.8) is 0 Å². The van der Waals surface area contributed by atoms with Gasteiger partial charge in [0.05, 0.1) is 23.4 Å². The van der Waals surface area contributed by atoms with Crippen molar-refractivity contribution >= 4 is 51.6 Å². The van der Waals surface area contributed by atoms with Crippen LogP contribution in [-0.4, -0.2) is 66.3 Å². The van der Waals surface area contributed by atoms with Crippen molar-refractivity contribution in [2.45, 2.75) is 5.16 Å². The van der Waals surface area contributed by atoms with E-state index in [1.807, 2.05) is 30.3 Å². The number of para-hydroxylation sites is 1.